The summed E-state index contributed by atoms with van der Waals surface area (Å²) in [7, 11) is 0. The van der Waals surface area contributed by atoms with Gasteiger partial charge >= 0.3 is 0 Å². The number of thiophene rings is 1. The molecule has 1 aliphatic heterocycles. The number of anilines is 1. The molecule has 0 radical (unpaired) electrons. The van der Waals surface area contributed by atoms with Crippen molar-refractivity contribution in [2.75, 3.05) is 5.01 Å². The van der Waals surface area contributed by atoms with Crippen LogP contribution < -0.4 is 5.01 Å². The molecule has 1 aromatic rings. The minimum atomic E-state index is -0.272. The lowest BCUT2D eigenvalue weighted by atomic mass is 10.1. The second-order valence-electron chi connectivity index (χ2n) is 3.32. The van der Waals surface area contributed by atoms with Gasteiger partial charge in [0.1, 0.15) is 6.26 Å². The quantitative estimate of drug-likeness (QED) is 0.629. The third-order valence-corrected chi connectivity index (χ3v) is 2.91. The van der Waals surface area contributed by atoms with Crippen LogP contribution in [-0.4, -0.2) is 21.9 Å². The van der Waals surface area contributed by atoms with E-state index in [0.29, 0.717) is 11.4 Å². The van der Waals surface area contributed by atoms with Crippen LogP contribution in [0.15, 0.2) is 28.8 Å². The Bertz CT molecular complexity index is 453. The Kier molecular flexibility index (Phi) is 2.66. The number of hydrogen-bond acceptors (Lipinski definition) is 4. The van der Waals surface area contributed by atoms with Gasteiger partial charge in [-0.1, -0.05) is 0 Å². The first-order valence-corrected chi connectivity index (χ1v) is 5.58. The first-order chi connectivity index (χ1) is 7.65. The van der Waals surface area contributed by atoms with E-state index in [2.05, 4.69) is 0 Å². The van der Waals surface area contributed by atoms with Crippen LogP contribution in [0.2, 0.25) is 0 Å². The van der Waals surface area contributed by atoms with E-state index in [9.17, 15) is 9.59 Å². The fourth-order valence-electron chi connectivity index (χ4n) is 1.53. The Balaban J connectivity index is 2.34. The first kappa shape index (κ1) is 10.7. The van der Waals surface area contributed by atoms with Crippen molar-refractivity contribution in [2.24, 2.45) is 0 Å². The highest BCUT2D eigenvalue weighted by molar-refractivity contribution is 7.08. The molecule has 2 rings (SSSR count). The third kappa shape index (κ3) is 1.57. The maximum atomic E-state index is 11.5. The summed E-state index contributed by atoms with van der Waals surface area (Å²) in [4.78, 5) is 22.9. The molecule has 2 amide bonds. The molecule has 1 fully saturated rings. The number of hydrazine groups is 1. The molecule has 1 saturated heterocycles. The van der Waals surface area contributed by atoms with Gasteiger partial charge in [0, 0.05) is 12.3 Å². The summed E-state index contributed by atoms with van der Waals surface area (Å²) in [6, 6.07) is 1.74. The fraction of sp³-hybridized carbons (Fsp3) is 0.200. The highest BCUT2D eigenvalue weighted by Gasteiger charge is 2.38. The Hall–Kier alpha value is -1.82. The minimum Gasteiger partial charge on any atom is -0.514 e. The molecular formula is C10H10N2O3S. The van der Waals surface area contributed by atoms with Gasteiger partial charge in [-0.2, -0.15) is 11.3 Å². The van der Waals surface area contributed by atoms with E-state index in [1.807, 2.05) is 5.38 Å². The van der Waals surface area contributed by atoms with Crippen LogP contribution in [0.5, 0.6) is 0 Å². The number of aliphatic hydroxyl groups excluding tert-OH is 1. The molecule has 2 heterocycles. The van der Waals surface area contributed by atoms with Crippen molar-refractivity contribution in [1.82, 2.24) is 5.01 Å². The molecule has 0 spiro atoms. The van der Waals surface area contributed by atoms with Crippen molar-refractivity contribution < 1.29 is 14.7 Å². The van der Waals surface area contributed by atoms with Crippen LogP contribution in [0.1, 0.15) is 13.3 Å². The number of carbonyl (C=O) groups is 2. The molecule has 1 aromatic heterocycles. The van der Waals surface area contributed by atoms with E-state index in [4.69, 9.17) is 5.11 Å². The average Bonchev–Trinajstić information content (AvgIpc) is 2.74. The van der Waals surface area contributed by atoms with E-state index < -0.39 is 0 Å². The zero-order valence-electron chi connectivity index (χ0n) is 8.58. The maximum absolute atomic E-state index is 11.5. The second-order valence-corrected chi connectivity index (χ2v) is 4.10. The van der Waals surface area contributed by atoms with Crippen molar-refractivity contribution in [2.45, 2.75) is 13.3 Å². The van der Waals surface area contributed by atoms with Crippen LogP contribution in [-0.2, 0) is 9.59 Å². The number of nitrogens with zero attached hydrogens (tertiary/aromatic N) is 2. The summed E-state index contributed by atoms with van der Waals surface area (Å²) in [6.07, 6.45) is 1.01. The molecule has 5 nitrogen and oxygen atoms in total. The van der Waals surface area contributed by atoms with Crippen molar-refractivity contribution in [3.63, 3.8) is 0 Å². The Morgan fingerprint density at radius 1 is 1.69 bits per heavy atom. The number of carbonyl (C=O) groups excluding carboxylic acids is 2. The summed E-state index contributed by atoms with van der Waals surface area (Å²) < 4.78 is 0. The highest BCUT2D eigenvalue weighted by atomic mass is 32.1. The topological polar surface area (TPSA) is 60.9 Å². The van der Waals surface area contributed by atoms with Gasteiger partial charge in [-0.25, -0.2) is 10.0 Å². The summed E-state index contributed by atoms with van der Waals surface area (Å²) >= 11 is 1.43. The molecule has 16 heavy (non-hydrogen) atoms. The SMILES string of the molecule is CC(=O)N(c1ccsc1)N1C(=O)CC1=CO. The third-order valence-electron chi connectivity index (χ3n) is 2.24. The van der Waals surface area contributed by atoms with E-state index in [-0.39, 0.29) is 18.2 Å². The van der Waals surface area contributed by atoms with E-state index >= 15 is 0 Å². The van der Waals surface area contributed by atoms with Gasteiger partial charge in [0.25, 0.3) is 5.91 Å². The Morgan fingerprint density at radius 2 is 2.44 bits per heavy atom. The number of β-lactam (4-membered cyclic amide) rings is 1. The van der Waals surface area contributed by atoms with E-state index in [1.54, 1.807) is 11.4 Å². The van der Waals surface area contributed by atoms with Gasteiger partial charge in [-0.05, 0) is 11.4 Å². The van der Waals surface area contributed by atoms with Crippen LogP contribution in [0.25, 0.3) is 0 Å². The smallest absolute Gasteiger partial charge is 0.252 e. The molecular weight excluding hydrogens is 228 g/mol. The Morgan fingerprint density at radius 3 is 2.88 bits per heavy atom. The molecule has 0 saturated carbocycles. The molecule has 0 aromatic carbocycles. The molecule has 0 atom stereocenters. The van der Waals surface area contributed by atoms with Crippen molar-refractivity contribution in [3.05, 3.63) is 28.8 Å². The van der Waals surface area contributed by atoms with Crippen molar-refractivity contribution >= 4 is 28.8 Å². The van der Waals surface area contributed by atoms with Gasteiger partial charge in [-0.3, -0.25) is 9.59 Å². The van der Waals surface area contributed by atoms with Crippen molar-refractivity contribution in [3.8, 4) is 0 Å². The van der Waals surface area contributed by atoms with E-state index in [1.165, 1.54) is 28.3 Å². The summed E-state index contributed by atoms with van der Waals surface area (Å²) in [5.74, 6) is -0.479. The number of aliphatic hydroxyl groups is 1. The summed E-state index contributed by atoms with van der Waals surface area (Å²) in [6.45, 7) is 1.37. The zero-order chi connectivity index (χ0) is 11.7. The first-order valence-electron chi connectivity index (χ1n) is 4.64. The molecule has 84 valence electrons. The lowest BCUT2D eigenvalue weighted by Gasteiger charge is -2.40. The van der Waals surface area contributed by atoms with Gasteiger partial charge in [-0.15, -0.1) is 0 Å². The molecule has 1 N–H and O–H groups in total. The highest BCUT2D eigenvalue weighted by Crippen LogP contribution is 2.30. The van der Waals surface area contributed by atoms with Crippen LogP contribution in [0.3, 0.4) is 0 Å². The van der Waals surface area contributed by atoms with Crippen LogP contribution >= 0.6 is 11.3 Å². The van der Waals surface area contributed by atoms with Crippen LogP contribution in [0, 0.1) is 0 Å². The lowest BCUT2D eigenvalue weighted by molar-refractivity contribution is -0.140. The number of amides is 2. The van der Waals surface area contributed by atoms with Gasteiger partial charge in [0.15, 0.2) is 0 Å². The van der Waals surface area contributed by atoms with Gasteiger partial charge in [0.2, 0.25) is 5.91 Å². The molecule has 6 heteroatoms. The molecule has 0 bridgehead atoms. The maximum Gasteiger partial charge on any atom is 0.252 e. The lowest BCUT2D eigenvalue weighted by Crippen LogP contribution is -2.55. The minimum absolute atomic E-state index is 0.157. The number of rotatable bonds is 2. The normalized spacial score (nSPS) is 17.4. The average molecular weight is 238 g/mol. The van der Waals surface area contributed by atoms with Crippen LogP contribution in [0.4, 0.5) is 5.69 Å². The van der Waals surface area contributed by atoms with E-state index in [0.717, 1.165) is 6.26 Å². The van der Waals surface area contributed by atoms with Gasteiger partial charge in [0.05, 0.1) is 17.8 Å². The zero-order valence-corrected chi connectivity index (χ0v) is 9.40. The monoisotopic (exact) mass is 238 g/mol. The fourth-order valence-corrected chi connectivity index (χ4v) is 2.14. The predicted octanol–water partition coefficient (Wildman–Crippen LogP) is 1.65. The molecule has 1 aliphatic rings. The molecule has 0 unspecified atom stereocenters. The number of hydrogen-bond donors (Lipinski definition) is 1. The largest absolute Gasteiger partial charge is 0.514 e. The molecule has 0 aliphatic carbocycles. The standard InChI is InChI=1S/C10H10N2O3S/c1-7(14)11(8-2-3-16-6-8)12-9(5-13)4-10(12)15/h2-3,5-6,13H,4H2,1H3. The summed E-state index contributed by atoms with van der Waals surface area (Å²) in [5.41, 5.74) is 1.05. The Labute approximate surface area is 96.2 Å². The summed E-state index contributed by atoms with van der Waals surface area (Å²) in [5, 5.41) is 14.9. The predicted molar refractivity (Wildman–Crippen MR) is 59.7 cm³/mol. The van der Waals surface area contributed by atoms with Crippen molar-refractivity contribution in [1.29, 1.82) is 0 Å². The second kappa shape index (κ2) is 3.97. The van der Waals surface area contributed by atoms with Gasteiger partial charge < -0.3 is 5.11 Å².